The number of carboxylic acid groups (broad SMARTS) is 1. The summed E-state index contributed by atoms with van der Waals surface area (Å²) in [7, 11) is 1.76. The lowest BCUT2D eigenvalue weighted by atomic mass is 10.1. The summed E-state index contributed by atoms with van der Waals surface area (Å²) in [5.41, 5.74) is 7.92. The third-order valence-corrected chi connectivity index (χ3v) is 4.15. The number of fused-ring (bicyclic) bond motifs is 1. The molecular formula is C16H12ClN7O2. The molecule has 0 saturated carbocycles. The Morgan fingerprint density at radius 2 is 2.12 bits per heavy atom. The molecule has 26 heavy (non-hydrogen) atoms. The van der Waals surface area contributed by atoms with Crippen molar-refractivity contribution >= 4 is 34.3 Å². The van der Waals surface area contributed by atoms with E-state index < -0.39 is 5.97 Å². The number of nitrogens with two attached hydrogens (primary N) is 1. The fourth-order valence-corrected chi connectivity index (χ4v) is 2.95. The van der Waals surface area contributed by atoms with Crippen LogP contribution in [-0.2, 0) is 7.05 Å². The Morgan fingerprint density at radius 3 is 2.81 bits per heavy atom. The molecule has 3 heterocycles. The molecule has 0 fully saturated rings. The van der Waals surface area contributed by atoms with Crippen LogP contribution in [0.5, 0.6) is 0 Å². The van der Waals surface area contributed by atoms with Crippen molar-refractivity contribution in [1.82, 2.24) is 29.9 Å². The van der Waals surface area contributed by atoms with Crippen LogP contribution >= 0.6 is 11.6 Å². The number of carbonyl (C=O) groups is 1. The number of halogens is 1. The molecule has 4 rings (SSSR count). The topological polar surface area (TPSA) is 136 Å². The van der Waals surface area contributed by atoms with Gasteiger partial charge in [-0.25, -0.2) is 14.8 Å². The number of benzene rings is 1. The van der Waals surface area contributed by atoms with Gasteiger partial charge in [0, 0.05) is 24.2 Å². The molecule has 0 unspecified atom stereocenters. The van der Waals surface area contributed by atoms with Gasteiger partial charge in [-0.1, -0.05) is 11.6 Å². The van der Waals surface area contributed by atoms with Gasteiger partial charge in [0.2, 0.25) is 0 Å². The van der Waals surface area contributed by atoms with E-state index in [0.29, 0.717) is 33.2 Å². The first-order valence-corrected chi connectivity index (χ1v) is 7.85. The first-order chi connectivity index (χ1) is 12.4. The molecule has 0 saturated heterocycles. The molecule has 0 amide bonds. The molecule has 9 nitrogen and oxygen atoms in total. The number of aromatic nitrogens is 6. The molecule has 0 aliphatic carbocycles. The second-order valence-electron chi connectivity index (χ2n) is 5.63. The highest BCUT2D eigenvalue weighted by molar-refractivity contribution is 6.35. The van der Waals surface area contributed by atoms with E-state index in [4.69, 9.17) is 17.3 Å². The highest BCUT2D eigenvalue weighted by Gasteiger charge is 2.21. The van der Waals surface area contributed by atoms with Crippen LogP contribution in [0, 0.1) is 0 Å². The zero-order valence-electron chi connectivity index (χ0n) is 13.4. The van der Waals surface area contributed by atoms with E-state index >= 15 is 0 Å². The van der Waals surface area contributed by atoms with Crippen molar-refractivity contribution in [2.24, 2.45) is 7.05 Å². The van der Waals surface area contributed by atoms with E-state index in [1.165, 1.54) is 0 Å². The van der Waals surface area contributed by atoms with Crippen LogP contribution < -0.4 is 5.73 Å². The minimum absolute atomic E-state index is 0.183. The van der Waals surface area contributed by atoms with Gasteiger partial charge in [0.1, 0.15) is 11.4 Å². The molecule has 0 aliphatic rings. The van der Waals surface area contributed by atoms with Crippen LogP contribution in [0.4, 0.5) is 5.82 Å². The number of aryl methyl sites for hydroxylation is 1. The molecule has 0 spiro atoms. The molecular weight excluding hydrogens is 358 g/mol. The largest absolute Gasteiger partial charge is 0.476 e. The van der Waals surface area contributed by atoms with Crippen molar-refractivity contribution in [2.75, 3.05) is 5.73 Å². The molecule has 0 atom stereocenters. The molecule has 0 bridgehead atoms. The number of rotatable bonds is 3. The van der Waals surface area contributed by atoms with E-state index in [2.05, 4.69) is 25.3 Å². The summed E-state index contributed by atoms with van der Waals surface area (Å²) >= 11 is 6.31. The number of aromatic carboxylic acids is 1. The lowest BCUT2D eigenvalue weighted by molar-refractivity contribution is 0.0691. The van der Waals surface area contributed by atoms with Crippen molar-refractivity contribution in [2.45, 2.75) is 0 Å². The number of aromatic amines is 1. The van der Waals surface area contributed by atoms with Crippen LogP contribution in [0.2, 0.25) is 5.02 Å². The summed E-state index contributed by atoms with van der Waals surface area (Å²) in [6.45, 7) is 0. The van der Waals surface area contributed by atoms with Gasteiger partial charge in [-0.05, 0) is 18.2 Å². The first-order valence-electron chi connectivity index (χ1n) is 7.48. The normalized spacial score (nSPS) is 11.2. The maximum absolute atomic E-state index is 11.5. The lowest BCUT2D eigenvalue weighted by Crippen LogP contribution is -2.10. The highest BCUT2D eigenvalue weighted by atomic mass is 35.5. The molecule has 130 valence electrons. The van der Waals surface area contributed by atoms with Gasteiger partial charge in [-0.2, -0.15) is 10.2 Å². The number of carboxylic acids is 1. The van der Waals surface area contributed by atoms with Gasteiger partial charge in [0.25, 0.3) is 0 Å². The quantitative estimate of drug-likeness (QED) is 0.504. The molecule has 4 N–H and O–H groups in total. The summed E-state index contributed by atoms with van der Waals surface area (Å²) in [5.74, 6) is -1.45. The Hall–Kier alpha value is -3.46. The average Bonchev–Trinajstić information content (AvgIpc) is 3.23. The number of H-pyrrole nitrogens is 1. The molecule has 3 aromatic heterocycles. The summed E-state index contributed by atoms with van der Waals surface area (Å²) in [6, 6.07) is 5.20. The van der Waals surface area contributed by atoms with Gasteiger partial charge in [0.05, 0.1) is 22.4 Å². The van der Waals surface area contributed by atoms with E-state index in [0.717, 1.165) is 5.39 Å². The number of anilines is 1. The molecule has 0 radical (unpaired) electrons. The fraction of sp³-hybridized carbons (Fsp3) is 0.0625. The number of hydrogen-bond donors (Lipinski definition) is 3. The maximum Gasteiger partial charge on any atom is 0.358 e. The summed E-state index contributed by atoms with van der Waals surface area (Å²) in [6.07, 6.45) is 3.36. The lowest BCUT2D eigenvalue weighted by Gasteiger charge is -2.10. The van der Waals surface area contributed by atoms with Crippen molar-refractivity contribution < 1.29 is 9.90 Å². The Balaban J connectivity index is 2.03. The zero-order valence-corrected chi connectivity index (χ0v) is 14.2. The molecule has 10 heteroatoms. The minimum Gasteiger partial charge on any atom is -0.476 e. The van der Waals surface area contributed by atoms with Gasteiger partial charge in [-0.15, -0.1) is 0 Å². The van der Waals surface area contributed by atoms with Crippen molar-refractivity contribution in [1.29, 1.82) is 0 Å². The number of nitrogens with one attached hydrogen (secondary N) is 1. The SMILES string of the molecule is Cn1ccc(-c2nc(N)c(C(=O)O)nc2-c2cc(Cl)c3[nH]ncc3c2)n1. The Kier molecular flexibility index (Phi) is 3.58. The first kappa shape index (κ1) is 16.0. The molecule has 4 aromatic rings. The van der Waals surface area contributed by atoms with Crippen LogP contribution in [0.3, 0.4) is 0 Å². The van der Waals surface area contributed by atoms with E-state index in [9.17, 15) is 9.90 Å². The van der Waals surface area contributed by atoms with Crippen molar-refractivity contribution in [3.05, 3.63) is 41.3 Å². The van der Waals surface area contributed by atoms with E-state index in [1.807, 2.05) is 0 Å². The second-order valence-corrected chi connectivity index (χ2v) is 6.03. The zero-order chi connectivity index (χ0) is 18.4. The average molecular weight is 370 g/mol. The standard InChI is InChI=1S/C16H12ClN7O2/c1-24-3-2-10(23-24)13-12(20-14(16(25)26)15(18)21-13)7-4-8-6-19-22-11(8)9(17)5-7/h2-6H,1H3,(H2,18,21)(H,19,22)(H,25,26). The van der Waals surface area contributed by atoms with Crippen LogP contribution in [0.25, 0.3) is 33.5 Å². The third kappa shape index (κ3) is 2.54. The van der Waals surface area contributed by atoms with Gasteiger partial charge >= 0.3 is 5.97 Å². The minimum atomic E-state index is -1.26. The number of nitrogens with zero attached hydrogens (tertiary/aromatic N) is 5. The highest BCUT2D eigenvalue weighted by Crippen LogP contribution is 2.34. The van der Waals surface area contributed by atoms with Crippen LogP contribution in [0.1, 0.15) is 10.5 Å². The van der Waals surface area contributed by atoms with Gasteiger partial charge < -0.3 is 10.8 Å². The molecule has 0 aliphatic heterocycles. The van der Waals surface area contributed by atoms with Gasteiger partial charge in [-0.3, -0.25) is 9.78 Å². The monoisotopic (exact) mass is 369 g/mol. The summed E-state index contributed by atoms with van der Waals surface area (Å²) < 4.78 is 1.61. The number of hydrogen-bond acceptors (Lipinski definition) is 6. The van der Waals surface area contributed by atoms with Crippen LogP contribution in [0.15, 0.2) is 30.6 Å². The van der Waals surface area contributed by atoms with Crippen LogP contribution in [-0.4, -0.2) is 41.0 Å². The Bertz CT molecular complexity index is 1160. The Labute approximate surface area is 151 Å². The predicted octanol–water partition coefficient (Wildman–Crippen LogP) is 2.35. The van der Waals surface area contributed by atoms with E-state index in [1.54, 1.807) is 42.3 Å². The fourth-order valence-electron chi connectivity index (χ4n) is 2.68. The van der Waals surface area contributed by atoms with Crippen molar-refractivity contribution in [3.8, 4) is 22.6 Å². The van der Waals surface area contributed by atoms with Gasteiger partial charge in [0.15, 0.2) is 11.5 Å². The maximum atomic E-state index is 11.5. The molecule has 1 aromatic carbocycles. The number of nitrogen functional groups attached to an aromatic ring is 1. The summed E-state index contributed by atoms with van der Waals surface area (Å²) in [4.78, 5) is 19.9. The third-order valence-electron chi connectivity index (χ3n) is 3.86. The second kappa shape index (κ2) is 5.81. The smallest absolute Gasteiger partial charge is 0.358 e. The summed E-state index contributed by atoms with van der Waals surface area (Å²) in [5, 5.41) is 21.6. The Morgan fingerprint density at radius 1 is 1.31 bits per heavy atom. The van der Waals surface area contributed by atoms with E-state index in [-0.39, 0.29) is 11.5 Å². The predicted molar refractivity (Wildman–Crippen MR) is 95.7 cm³/mol. The van der Waals surface area contributed by atoms with Crippen molar-refractivity contribution in [3.63, 3.8) is 0 Å².